The third-order valence-corrected chi connectivity index (χ3v) is 5.37. The first-order chi connectivity index (χ1) is 11.2. The van der Waals surface area contributed by atoms with Gasteiger partial charge in [0.2, 0.25) is 0 Å². The van der Waals surface area contributed by atoms with Gasteiger partial charge in [-0.2, -0.15) is 0 Å². The van der Waals surface area contributed by atoms with Crippen LogP contribution >= 0.6 is 0 Å². The minimum atomic E-state index is -0.0278. The SMILES string of the molecule is CCCCC1(C)CC(c2ccccc2)(c2ccccc2)CCO1. The quantitative estimate of drug-likeness (QED) is 0.685. The number of hydrogen-bond acceptors (Lipinski definition) is 1. The van der Waals surface area contributed by atoms with Crippen LogP contribution < -0.4 is 0 Å². The molecule has 1 unspecified atom stereocenters. The predicted molar refractivity (Wildman–Crippen MR) is 96.8 cm³/mol. The fourth-order valence-corrected chi connectivity index (χ4v) is 4.13. The Balaban J connectivity index is 2.03. The molecule has 1 saturated heterocycles. The molecular formula is C22H28O. The van der Waals surface area contributed by atoms with E-state index in [2.05, 4.69) is 74.5 Å². The highest BCUT2D eigenvalue weighted by molar-refractivity contribution is 5.40. The Morgan fingerprint density at radius 1 is 0.913 bits per heavy atom. The summed E-state index contributed by atoms with van der Waals surface area (Å²) in [5, 5.41) is 0. The van der Waals surface area contributed by atoms with Crippen molar-refractivity contribution in [3.05, 3.63) is 71.8 Å². The van der Waals surface area contributed by atoms with Crippen LogP contribution in [0, 0.1) is 0 Å². The average molecular weight is 308 g/mol. The number of rotatable bonds is 5. The highest BCUT2D eigenvalue weighted by atomic mass is 16.5. The minimum Gasteiger partial charge on any atom is -0.375 e. The Morgan fingerprint density at radius 3 is 2.00 bits per heavy atom. The maximum absolute atomic E-state index is 6.27. The number of benzene rings is 2. The molecule has 0 bridgehead atoms. The third kappa shape index (κ3) is 3.35. The highest BCUT2D eigenvalue weighted by Gasteiger charge is 2.44. The summed E-state index contributed by atoms with van der Waals surface area (Å²) < 4.78 is 6.27. The first-order valence-corrected chi connectivity index (χ1v) is 8.94. The lowest BCUT2D eigenvalue weighted by molar-refractivity contribution is -0.0928. The van der Waals surface area contributed by atoms with Gasteiger partial charge in [0.05, 0.1) is 5.60 Å². The fourth-order valence-electron chi connectivity index (χ4n) is 4.13. The summed E-state index contributed by atoms with van der Waals surface area (Å²) in [4.78, 5) is 0. The molecule has 0 aromatic heterocycles. The smallest absolute Gasteiger partial charge is 0.0666 e. The van der Waals surface area contributed by atoms with E-state index in [0.717, 1.165) is 25.9 Å². The van der Waals surface area contributed by atoms with Crippen molar-refractivity contribution in [2.75, 3.05) is 6.61 Å². The molecule has 1 atom stereocenters. The molecule has 0 spiro atoms. The monoisotopic (exact) mass is 308 g/mol. The van der Waals surface area contributed by atoms with Gasteiger partial charge in [0.15, 0.2) is 0 Å². The van der Waals surface area contributed by atoms with Crippen LogP contribution in [0.25, 0.3) is 0 Å². The topological polar surface area (TPSA) is 9.23 Å². The van der Waals surface area contributed by atoms with Gasteiger partial charge < -0.3 is 4.74 Å². The minimum absolute atomic E-state index is 0.0278. The van der Waals surface area contributed by atoms with E-state index in [0.29, 0.717) is 0 Å². The highest BCUT2D eigenvalue weighted by Crippen LogP contribution is 2.47. The van der Waals surface area contributed by atoms with E-state index < -0.39 is 0 Å². The summed E-state index contributed by atoms with van der Waals surface area (Å²) in [6, 6.07) is 22.0. The maximum atomic E-state index is 6.27. The maximum Gasteiger partial charge on any atom is 0.0666 e. The molecule has 0 aliphatic carbocycles. The van der Waals surface area contributed by atoms with Gasteiger partial charge in [-0.15, -0.1) is 0 Å². The molecule has 23 heavy (non-hydrogen) atoms. The van der Waals surface area contributed by atoms with Crippen molar-refractivity contribution in [3.63, 3.8) is 0 Å². The molecular weight excluding hydrogens is 280 g/mol. The van der Waals surface area contributed by atoms with E-state index in [9.17, 15) is 0 Å². The lowest BCUT2D eigenvalue weighted by Crippen LogP contribution is -2.46. The van der Waals surface area contributed by atoms with Gasteiger partial charge >= 0.3 is 0 Å². The van der Waals surface area contributed by atoms with Gasteiger partial charge in [0.1, 0.15) is 0 Å². The summed E-state index contributed by atoms with van der Waals surface area (Å²) >= 11 is 0. The van der Waals surface area contributed by atoms with Gasteiger partial charge in [0, 0.05) is 12.0 Å². The van der Waals surface area contributed by atoms with Gasteiger partial charge in [-0.05, 0) is 37.3 Å². The van der Waals surface area contributed by atoms with Crippen LogP contribution in [0.4, 0.5) is 0 Å². The Morgan fingerprint density at radius 2 is 1.48 bits per heavy atom. The van der Waals surface area contributed by atoms with Crippen LogP contribution in [0.15, 0.2) is 60.7 Å². The molecule has 1 nitrogen and oxygen atoms in total. The molecule has 0 radical (unpaired) electrons. The second-order valence-electron chi connectivity index (χ2n) is 7.14. The van der Waals surface area contributed by atoms with Crippen molar-refractivity contribution >= 4 is 0 Å². The first kappa shape index (κ1) is 16.3. The van der Waals surface area contributed by atoms with Gasteiger partial charge in [-0.3, -0.25) is 0 Å². The summed E-state index contributed by atoms with van der Waals surface area (Å²) in [6.45, 7) is 5.40. The van der Waals surface area contributed by atoms with Crippen molar-refractivity contribution in [1.82, 2.24) is 0 Å². The number of ether oxygens (including phenoxy) is 1. The molecule has 1 aliphatic heterocycles. The summed E-state index contributed by atoms with van der Waals surface area (Å²) in [5.41, 5.74) is 2.90. The summed E-state index contributed by atoms with van der Waals surface area (Å²) in [5.74, 6) is 0. The van der Waals surface area contributed by atoms with E-state index in [1.54, 1.807) is 0 Å². The van der Waals surface area contributed by atoms with Gasteiger partial charge in [0.25, 0.3) is 0 Å². The van der Waals surface area contributed by atoms with Crippen LogP contribution in [0.3, 0.4) is 0 Å². The number of hydrogen-bond donors (Lipinski definition) is 0. The molecule has 1 aliphatic rings. The van der Waals surface area contributed by atoms with Crippen molar-refractivity contribution in [3.8, 4) is 0 Å². The molecule has 1 heteroatoms. The fraction of sp³-hybridized carbons (Fsp3) is 0.455. The van der Waals surface area contributed by atoms with Gasteiger partial charge in [-0.1, -0.05) is 80.4 Å². The molecule has 2 aromatic rings. The zero-order valence-corrected chi connectivity index (χ0v) is 14.4. The van der Waals surface area contributed by atoms with Gasteiger partial charge in [-0.25, -0.2) is 0 Å². The van der Waals surface area contributed by atoms with E-state index in [-0.39, 0.29) is 11.0 Å². The van der Waals surface area contributed by atoms with Crippen molar-refractivity contribution in [2.24, 2.45) is 0 Å². The molecule has 2 aromatic carbocycles. The van der Waals surface area contributed by atoms with Crippen LogP contribution in [-0.2, 0) is 10.2 Å². The van der Waals surface area contributed by atoms with Crippen molar-refractivity contribution < 1.29 is 4.74 Å². The molecule has 0 amide bonds. The van der Waals surface area contributed by atoms with Crippen molar-refractivity contribution in [1.29, 1.82) is 0 Å². The van der Waals surface area contributed by atoms with E-state index in [4.69, 9.17) is 4.74 Å². The summed E-state index contributed by atoms with van der Waals surface area (Å²) in [7, 11) is 0. The lowest BCUT2D eigenvalue weighted by atomic mass is 9.64. The van der Waals surface area contributed by atoms with E-state index in [1.165, 1.54) is 24.0 Å². The second-order valence-corrected chi connectivity index (χ2v) is 7.14. The molecule has 122 valence electrons. The normalized spacial score (nSPS) is 23.6. The predicted octanol–water partition coefficient (Wildman–Crippen LogP) is 5.73. The Bertz CT molecular complexity index is 565. The molecule has 0 saturated carbocycles. The second kappa shape index (κ2) is 6.88. The van der Waals surface area contributed by atoms with E-state index >= 15 is 0 Å². The van der Waals surface area contributed by atoms with E-state index in [1.807, 2.05) is 0 Å². The number of unbranched alkanes of at least 4 members (excludes halogenated alkanes) is 1. The first-order valence-electron chi connectivity index (χ1n) is 8.94. The van der Waals surface area contributed by atoms with Crippen molar-refractivity contribution in [2.45, 2.75) is 57.0 Å². The Labute approximate surface area is 140 Å². The molecule has 0 N–H and O–H groups in total. The summed E-state index contributed by atoms with van der Waals surface area (Å²) in [6.07, 6.45) is 5.72. The average Bonchev–Trinajstić information content (AvgIpc) is 2.61. The Hall–Kier alpha value is -1.60. The molecule has 1 heterocycles. The zero-order valence-electron chi connectivity index (χ0n) is 14.4. The Kier molecular flexibility index (Phi) is 4.87. The third-order valence-electron chi connectivity index (χ3n) is 5.37. The largest absolute Gasteiger partial charge is 0.375 e. The zero-order chi connectivity index (χ0) is 16.2. The lowest BCUT2D eigenvalue weighted by Gasteiger charge is -2.47. The molecule has 3 rings (SSSR count). The van der Waals surface area contributed by atoms with Crippen LogP contribution in [0.5, 0.6) is 0 Å². The molecule has 1 fully saturated rings. The van der Waals surface area contributed by atoms with Crippen LogP contribution in [-0.4, -0.2) is 12.2 Å². The standard InChI is InChI=1S/C22H28O/c1-3-4-15-21(2)18-22(16-17-23-21,19-11-7-5-8-12-19)20-13-9-6-10-14-20/h5-14H,3-4,15-18H2,1-2H3. The van der Waals surface area contributed by atoms with Crippen LogP contribution in [0.1, 0.15) is 57.1 Å². The van der Waals surface area contributed by atoms with Crippen LogP contribution in [0.2, 0.25) is 0 Å².